The first-order chi connectivity index (χ1) is 10.2. The minimum atomic E-state index is -0.364. The predicted molar refractivity (Wildman–Crippen MR) is 79.9 cm³/mol. The van der Waals surface area contributed by atoms with E-state index in [1.165, 1.54) is 44.9 Å². The van der Waals surface area contributed by atoms with Crippen LogP contribution in [0.25, 0.3) is 0 Å². The minimum absolute atomic E-state index is 0.216. The van der Waals surface area contributed by atoms with Crippen LogP contribution >= 0.6 is 0 Å². The normalized spacial score (nSPS) is 17.0. The summed E-state index contributed by atoms with van der Waals surface area (Å²) in [5.41, 5.74) is -0.364. The molecule has 0 atom stereocenters. The standard InChI is InChI=1S/C14H25N5O2/c20-13(16-10-12-17-14(21)19-18-12)15-9-8-11-6-4-2-1-3-5-7-11/h11H,1-10H2,(H2,15,16,20)(H2,17,18,19,21). The SMILES string of the molecule is O=C(NCCC1CCCCCCC1)NCc1n[nH]c(=O)[nH]1. The van der Waals surface area contributed by atoms with Crippen molar-refractivity contribution in [2.45, 2.75) is 57.9 Å². The molecular weight excluding hydrogens is 270 g/mol. The number of aromatic nitrogens is 3. The van der Waals surface area contributed by atoms with Crippen LogP contribution in [0.5, 0.6) is 0 Å². The lowest BCUT2D eigenvalue weighted by Gasteiger charge is -2.19. The number of hydrogen-bond donors (Lipinski definition) is 4. The summed E-state index contributed by atoms with van der Waals surface area (Å²) in [5.74, 6) is 1.17. The molecule has 0 aromatic carbocycles. The molecule has 1 fully saturated rings. The first-order valence-corrected chi connectivity index (χ1v) is 7.89. The summed E-state index contributed by atoms with van der Waals surface area (Å²) in [4.78, 5) is 25.0. The quantitative estimate of drug-likeness (QED) is 0.664. The van der Waals surface area contributed by atoms with Gasteiger partial charge < -0.3 is 10.6 Å². The van der Waals surface area contributed by atoms with E-state index >= 15 is 0 Å². The van der Waals surface area contributed by atoms with E-state index in [1.807, 2.05) is 0 Å². The molecule has 4 N–H and O–H groups in total. The number of urea groups is 1. The molecule has 7 nitrogen and oxygen atoms in total. The second kappa shape index (κ2) is 8.49. The summed E-state index contributed by atoms with van der Waals surface area (Å²) in [5, 5.41) is 11.5. The number of amides is 2. The van der Waals surface area contributed by atoms with E-state index in [9.17, 15) is 9.59 Å². The Kier molecular flexibility index (Phi) is 6.30. The molecule has 0 radical (unpaired) electrons. The minimum Gasteiger partial charge on any atom is -0.338 e. The van der Waals surface area contributed by atoms with E-state index in [2.05, 4.69) is 25.8 Å². The van der Waals surface area contributed by atoms with Gasteiger partial charge in [0, 0.05) is 6.54 Å². The van der Waals surface area contributed by atoms with Gasteiger partial charge in [-0.3, -0.25) is 4.98 Å². The number of aromatic amines is 2. The molecule has 1 aliphatic carbocycles. The molecular formula is C14H25N5O2. The smallest absolute Gasteiger partial charge is 0.338 e. The molecule has 0 aliphatic heterocycles. The molecule has 1 aromatic rings. The van der Waals surface area contributed by atoms with Crippen molar-refractivity contribution < 1.29 is 4.79 Å². The second-order valence-electron chi connectivity index (χ2n) is 5.73. The highest BCUT2D eigenvalue weighted by Crippen LogP contribution is 2.24. The highest BCUT2D eigenvalue weighted by atomic mass is 16.2. The van der Waals surface area contributed by atoms with Crippen molar-refractivity contribution >= 4 is 6.03 Å². The molecule has 2 amide bonds. The number of H-pyrrole nitrogens is 2. The number of carbonyl (C=O) groups excluding carboxylic acids is 1. The fourth-order valence-corrected chi connectivity index (χ4v) is 2.83. The van der Waals surface area contributed by atoms with Crippen LogP contribution in [0.1, 0.15) is 57.2 Å². The van der Waals surface area contributed by atoms with Crippen molar-refractivity contribution in [1.29, 1.82) is 0 Å². The van der Waals surface area contributed by atoms with E-state index in [1.54, 1.807) is 0 Å². The zero-order chi connectivity index (χ0) is 14.9. The van der Waals surface area contributed by atoms with Gasteiger partial charge in [0.2, 0.25) is 0 Å². The number of rotatable bonds is 5. The van der Waals surface area contributed by atoms with Gasteiger partial charge in [0.15, 0.2) is 0 Å². The lowest BCUT2D eigenvalue weighted by molar-refractivity contribution is 0.238. The van der Waals surface area contributed by atoms with Gasteiger partial charge in [-0.05, 0) is 12.3 Å². The van der Waals surface area contributed by atoms with Crippen molar-refractivity contribution in [2.75, 3.05) is 6.54 Å². The summed E-state index contributed by atoms with van der Waals surface area (Å²) in [6, 6.07) is -0.218. The van der Waals surface area contributed by atoms with Gasteiger partial charge in [0.05, 0.1) is 6.54 Å². The van der Waals surface area contributed by atoms with E-state index in [4.69, 9.17) is 0 Å². The Labute approximate surface area is 124 Å². The maximum atomic E-state index is 11.6. The van der Waals surface area contributed by atoms with Gasteiger partial charge in [-0.25, -0.2) is 14.7 Å². The van der Waals surface area contributed by atoms with E-state index in [-0.39, 0.29) is 18.3 Å². The average molecular weight is 295 g/mol. The summed E-state index contributed by atoms with van der Waals surface area (Å²) in [6.45, 7) is 0.918. The summed E-state index contributed by atoms with van der Waals surface area (Å²) in [6.07, 6.45) is 10.4. The Bertz CT molecular complexity index is 474. The van der Waals surface area contributed by atoms with Crippen molar-refractivity contribution in [3.63, 3.8) is 0 Å². The van der Waals surface area contributed by atoms with Crippen LogP contribution in [0, 0.1) is 5.92 Å². The molecule has 1 saturated carbocycles. The Hall–Kier alpha value is -1.79. The molecule has 0 bridgehead atoms. The summed E-state index contributed by atoms with van der Waals surface area (Å²) >= 11 is 0. The lowest BCUT2D eigenvalue weighted by atomic mass is 9.89. The third kappa shape index (κ3) is 6.01. The molecule has 1 heterocycles. The van der Waals surface area contributed by atoms with Gasteiger partial charge in [-0.2, -0.15) is 5.10 Å². The van der Waals surface area contributed by atoms with Gasteiger partial charge in [-0.15, -0.1) is 0 Å². The largest absolute Gasteiger partial charge is 0.340 e. The van der Waals surface area contributed by atoms with Crippen molar-refractivity contribution in [1.82, 2.24) is 25.8 Å². The third-order valence-electron chi connectivity index (χ3n) is 4.03. The highest BCUT2D eigenvalue weighted by Gasteiger charge is 2.11. The van der Waals surface area contributed by atoms with Crippen molar-refractivity contribution in [3.8, 4) is 0 Å². The number of nitrogens with one attached hydrogen (secondary N) is 4. The molecule has 2 rings (SSSR count). The monoisotopic (exact) mass is 295 g/mol. The van der Waals surface area contributed by atoms with Crippen LogP contribution < -0.4 is 16.3 Å². The van der Waals surface area contributed by atoms with Crippen molar-refractivity contribution in [3.05, 3.63) is 16.3 Å². The highest BCUT2D eigenvalue weighted by molar-refractivity contribution is 5.73. The Morgan fingerprint density at radius 3 is 2.52 bits per heavy atom. The van der Waals surface area contributed by atoms with Gasteiger partial charge in [0.1, 0.15) is 5.82 Å². The molecule has 1 aliphatic rings. The topological polar surface area (TPSA) is 103 Å². The number of hydrogen-bond acceptors (Lipinski definition) is 3. The molecule has 7 heteroatoms. The van der Waals surface area contributed by atoms with Gasteiger partial charge in [-0.1, -0.05) is 44.9 Å². The van der Waals surface area contributed by atoms with Crippen LogP contribution in [-0.4, -0.2) is 27.8 Å². The Balaban J connectivity index is 1.58. The zero-order valence-corrected chi connectivity index (χ0v) is 12.4. The first-order valence-electron chi connectivity index (χ1n) is 7.89. The maximum Gasteiger partial charge on any atom is 0.340 e. The first kappa shape index (κ1) is 15.6. The summed E-state index contributed by atoms with van der Waals surface area (Å²) < 4.78 is 0. The molecule has 118 valence electrons. The fraction of sp³-hybridized carbons (Fsp3) is 0.786. The zero-order valence-electron chi connectivity index (χ0n) is 12.4. The molecule has 21 heavy (non-hydrogen) atoms. The van der Waals surface area contributed by atoms with Crippen LogP contribution in [0.15, 0.2) is 4.79 Å². The predicted octanol–water partition coefficient (Wildman–Crippen LogP) is 1.65. The maximum absolute atomic E-state index is 11.6. The fourth-order valence-electron chi connectivity index (χ4n) is 2.83. The van der Waals surface area contributed by atoms with Crippen molar-refractivity contribution in [2.24, 2.45) is 5.92 Å². The number of carbonyl (C=O) groups is 1. The Morgan fingerprint density at radius 2 is 1.86 bits per heavy atom. The number of nitrogens with zero attached hydrogens (tertiary/aromatic N) is 1. The lowest BCUT2D eigenvalue weighted by Crippen LogP contribution is -2.36. The van der Waals surface area contributed by atoms with E-state index < -0.39 is 0 Å². The average Bonchev–Trinajstić information content (AvgIpc) is 2.84. The Morgan fingerprint density at radius 1 is 1.14 bits per heavy atom. The van der Waals surface area contributed by atoms with E-state index in [0.717, 1.165) is 12.3 Å². The van der Waals surface area contributed by atoms with E-state index in [0.29, 0.717) is 12.4 Å². The van der Waals surface area contributed by atoms with Crippen LogP contribution in [-0.2, 0) is 6.54 Å². The van der Waals surface area contributed by atoms with Crippen LogP contribution in [0.2, 0.25) is 0 Å². The summed E-state index contributed by atoms with van der Waals surface area (Å²) in [7, 11) is 0. The third-order valence-corrected chi connectivity index (χ3v) is 4.03. The molecule has 0 spiro atoms. The second-order valence-corrected chi connectivity index (χ2v) is 5.73. The van der Waals surface area contributed by atoms with Gasteiger partial charge in [0.25, 0.3) is 0 Å². The van der Waals surface area contributed by atoms with Gasteiger partial charge >= 0.3 is 11.7 Å². The molecule has 1 aromatic heterocycles. The van der Waals surface area contributed by atoms with Crippen LogP contribution in [0.4, 0.5) is 4.79 Å². The molecule has 0 saturated heterocycles. The van der Waals surface area contributed by atoms with Crippen LogP contribution in [0.3, 0.4) is 0 Å². The molecule has 0 unspecified atom stereocenters.